The highest BCUT2D eigenvalue weighted by Gasteiger charge is 2.85. The van der Waals surface area contributed by atoms with Gasteiger partial charge in [0.15, 0.2) is 0 Å². The second-order valence-corrected chi connectivity index (χ2v) is 17.6. The molecule has 7 rings (SSSR count). The molecule has 14 atom stereocenters. The molecule has 2 N–H and O–H groups in total. The van der Waals surface area contributed by atoms with E-state index in [2.05, 4.69) is 34.6 Å². The van der Waals surface area contributed by atoms with E-state index in [0.29, 0.717) is 55.9 Å². The Balaban J connectivity index is 0.00000182. The van der Waals surface area contributed by atoms with Gasteiger partial charge in [0.25, 0.3) is 0 Å². The van der Waals surface area contributed by atoms with Gasteiger partial charge in [0.05, 0.1) is 37.1 Å². The molecule has 2 spiro atoms. The summed E-state index contributed by atoms with van der Waals surface area (Å²) in [6.45, 7) is 22.0. The maximum atomic E-state index is 13.2. The Labute approximate surface area is 278 Å². The molecule has 8 heteroatoms. The number of ether oxygens (including phenoxy) is 4. The average molecular weight is 648 g/mol. The number of fused-ring (bicyclic) bond motifs is 4. The summed E-state index contributed by atoms with van der Waals surface area (Å²) in [4.78, 5) is 15.0. The van der Waals surface area contributed by atoms with Crippen molar-refractivity contribution in [1.82, 2.24) is 4.90 Å². The molecule has 8 nitrogen and oxygen atoms in total. The molecule has 2 saturated heterocycles. The van der Waals surface area contributed by atoms with Crippen molar-refractivity contribution in [1.29, 1.82) is 0 Å². The standard InChI is InChI=1S/C36H59NO7.C2H6/c1-20-19-23(30(41-8)33(5,6)40)43-29-26(20)34(7)13-14-35-21(2)36(35)12-11-25(44-31(39)37-15-17-42-18-16-37)32(3,4)24(36)10-9-22(35)27(34)28(29)38;1-2/h20-30,38,40H,9-19H2,1-8H3;1-2H3/t20-,21?,22+,23-,24?,25+,26?,27?,28-,29+,30+,34-,35+,36-;/m1./s1. The van der Waals surface area contributed by atoms with Crippen molar-refractivity contribution in [3.05, 3.63) is 0 Å². The van der Waals surface area contributed by atoms with E-state index in [-0.39, 0.29) is 52.0 Å². The van der Waals surface area contributed by atoms with Crippen molar-refractivity contribution in [3.63, 3.8) is 0 Å². The summed E-state index contributed by atoms with van der Waals surface area (Å²) in [7, 11) is 1.66. The third kappa shape index (κ3) is 4.65. The van der Waals surface area contributed by atoms with Crippen LogP contribution in [0, 0.1) is 57.2 Å². The fourth-order valence-corrected chi connectivity index (χ4v) is 13.9. The molecule has 5 saturated carbocycles. The number of hydrogen-bond acceptors (Lipinski definition) is 7. The summed E-state index contributed by atoms with van der Waals surface area (Å²) in [6.07, 6.45) is 5.87. The second kappa shape index (κ2) is 11.8. The highest BCUT2D eigenvalue weighted by Crippen LogP contribution is 2.89. The van der Waals surface area contributed by atoms with Crippen molar-refractivity contribution >= 4 is 6.09 Å². The fraction of sp³-hybridized carbons (Fsp3) is 0.974. The largest absolute Gasteiger partial charge is 0.446 e. The van der Waals surface area contributed by atoms with Crippen LogP contribution in [-0.2, 0) is 18.9 Å². The zero-order valence-electron chi connectivity index (χ0n) is 30.5. The van der Waals surface area contributed by atoms with Gasteiger partial charge in [-0.15, -0.1) is 0 Å². The fourth-order valence-electron chi connectivity index (χ4n) is 13.9. The zero-order valence-corrected chi connectivity index (χ0v) is 30.5. The highest BCUT2D eigenvalue weighted by molar-refractivity contribution is 5.68. The van der Waals surface area contributed by atoms with Crippen LogP contribution in [0.25, 0.3) is 0 Å². The molecule has 264 valence electrons. The first-order chi connectivity index (χ1) is 21.7. The molecular weight excluding hydrogens is 582 g/mol. The van der Waals surface area contributed by atoms with Crippen LogP contribution in [0.3, 0.4) is 0 Å². The summed E-state index contributed by atoms with van der Waals surface area (Å²) in [5.74, 6) is 2.52. The summed E-state index contributed by atoms with van der Waals surface area (Å²) in [6, 6.07) is 0. The number of rotatable bonds is 4. The molecule has 0 bridgehead atoms. The number of aliphatic hydroxyl groups is 2. The second-order valence-electron chi connectivity index (χ2n) is 17.6. The molecule has 0 aromatic heterocycles. The summed E-state index contributed by atoms with van der Waals surface area (Å²) in [5.41, 5.74) is -0.572. The molecule has 7 fully saturated rings. The van der Waals surface area contributed by atoms with E-state index >= 15 is 0 Å². The van der Waals surface area contributed by atoms with E-state index < -0.39 is 17.8 Å². The van der Waals surface area contributed by atoms with Crippen LogP contribution in [0.1, 0.15) is 107 Å². The smallest absolute Gasteiger partial charge is 0.410 e. The van der Waals surface area contributed by atoms with Crippen molar-refractivity contribution in [2.45, 2.75) is 143 Å². The number of nitrogens with zero attached hydrogens (tertiary/aromatic N) is 1. The van der Waals surface area contributed by atoms with Gasteiger partial charge in [-0.2, -0.15) is 0 Å². The molecule has 46 heavy (non-hydrogen) atoms. The van der Waals surface area contributed by atoms with Gasteiger partial charge in [0.2, 0.25) is 0 Å². The van der Waals surface area contributed by atoms with Crippen LogP contribution < -0.4 is 0 Å². The summed E-state index contributed by atoms with van der Waals surface area (Å²) < 4.78 is 24.4. The highest BCUT2D eigenvalue weighted by atomic mass is 16.6. The van der Waals surface area contributed by atoms with E-state index in [4.69, 9.17) is 18.9 Å². The molecule has 5 aliphatic carbocycles. The number of amides is 1. The summed E-state index contributed by atoms with van der Waals surface area (Å²) >= 11 is 0. The van der Waals surface area contributed by atoms with E-state index in [0.717, 1.165) is 38.5 Å². The lowest BCUT2D eigenvalue weighted by Gasteiger charge is -2.59. The first-order valence-electron chi connectivity index (χ1n) is 18.8. The maximum absolute atomic E-state index is 13.2. The first kappa shape index (κ1) is 34.9. The molecule has 2 aliphatic heterocycles. The van der Waals surface area contributed by atoms with Crippen molar-refractivity contribution in [2.75, 3.05) is 33.4 Å². The van der Waals surface area contributed by atoms with Gasteiger partial charge in [-0.05, 0) is 111 Å². The third-order valence-corrected chi connectivity index (χ3v) is 15.4. The van der Waals surface area contributed by atoms with Gasteiger partial charge in [-0.1, -0.05) is 48.5 Å². The molecular formula is C38H65NO7. The minimum absolute atomic E-state index is 0.0401. The van der Waals surface area contributed by atoms with Crippen LogP contribution in [0.5, 0.6) is 0 Å². The van der Waals surface area contributed by atoms with Gasteiger partial charge in [0.1, 0.15) is 12.2 Å². The van der Waals surface area contributed by atoms with E-state index in [9.17, 15) is 15.0 Å². The lowest BCUT2D eigenvalue weighted by Crippen LogP contribution is -2.56. The normalized spacial score (nSPS) is 49.5. The topological polar surface area (TPSA) is 97.7 Å². The Morgan fingerprint density at radius 2 is 1.65 bits per heavy atom. The minimum Gasteiger partial charge on any atom is -0.446 e. The van der Waals surface area contributed by atoms with E-state index in [1.54, 1.807) is 21.0 Å². The lowest BCUT2D eigenvalue weighted by molar-refractivity contribution is -0.209. The van der Waals surface area contributed by atoms with Gasteiger partial charge in [-0.3, -0.25) is 0 Å². The Hall–Kier alpha value is -0.930. The van der Waals surface area contributed by atoms with Crippen molar-refractivity contribution < 1.29 is 34.0 Å². The number of methoxy groups -OCH3 is 1. The van der Waals surface area contributed by atoms with E-state index in [1.165, 1.54) is 6.42 Å². The number of carbonyl (C=O) groups is 1. The Morgan fingerprint density at radius 1 is 0.978 bits per heavy atom. The Bertz CT molecular complexity index is 1130. The molecule has 0 radical (unpaired) electrons. The Kier molecular flexibility index (Phi) is 8.99. The van der Waals surface area contributed by atoms with Gasteiger partial charge in [0, 0.05) is 25.6 Å². The zero-order chi connectivity index (χ0) is 33.6. The molecule has 4 unspecified atom stereocenters. The monoisotopic (exact) mass is 647 g/mol. The first-order valence-corrected chi connectivity index (χ1v) is 18.8. The average Bonchev–Trinajstić information content (AvgIpc) is 3.44. The van der Waals surface area contributed by atoms with Crippen LogP contribution >= 0.6 is 0 Å². The van der Waals surface area contributed by atoms with Crippen LogP contribution in [0.15, 0.2) is 0 Å². The molecule has 1 amide bonds. The van der Waals surface area contributed by atoms with Crippen LogP contribution in [0.2, 0.25) is 0 Å². The predicted molar refractivity (Wildman–Crippen MR) is 177 cm³/mol. The van der Waals surface area contributed by atoms with Gasteiger partial charge in [-0.25, -0.2) is 4.79 Å². The molecule has 0 aromatic rings. The van der Waals surface area contributed by atoms with Crippen molar-refractivity contribution in [3.8, 4) is 0 Å². The minimum atomic E-state index is -1.02. The predicted octanol–water partition coefficient (Wildman–Crippen LogP) is 6.31. The maximum Gasteiger partial charge on any atom is 0.410 e. The van der Waals surface area contributed by atoms with Crippen molar-refractivity contribution in [2.24, 2.45) is 57.2 Å². The molecule has 2 heterocycles. The molecule has 7 aliphatic rings. The summed E-state index contributed by atoms with van der Waals surface area (Å²) in [5, 5.41) is 23.2. The molecule has 0 aromatic carbocycles. The lowest BCUT2D eigenvalue weighted by atomic mass is 9.46. The number of morpholine rings is 1. The van der Waals surface area contributed by atoms with Crippen LogP contribution in [-0.4, -0.2) is 90.7 Å². The van der Waals surface area contributed by atoms with Gasteiger partial charge < -0.3 is 34.1 Å². The van der Waals surface area contributed by atoms with Gasteiger partial charge >= 0.3 is 6.09 Å². The van der Waals surface area contributed by atoms with Crippen LogP contribution in [0.4, 0.5) is 4.79 Å². The third-order valence-electron chi connectivity index (χ3n) is 15.4. The number of hydrogen-bond donors (Lipinski definition) is 2. The van der Waals surface area contributed by atoms with E-state index in [1.807, 2.05) is 18.7 Å². The quantitative estimate of drug-likeness (QED) is 0.369. The number of carbonyl (C=O) groups excluding carboxylic acids is 1. The Morgan fingerprint density at radius 3 is 2.28 bits per heavy atom. The number of aliphatic hydroxyl groups excluding tert-OH is 1. The SMILES string of the molecule is CC.CO[C@@H]([C@H]1C[C@@H](C)C2[C@H](O1)[C@H](O)C1[C@@H]3CCC4C(C)(C)[C@@H](OC(=O)N5CCOCC5)CC[C@@]45C(C)[C@@]35CC[C@]21C)C(C)(C)O.